The van der Waals surface area contributed by atoms with Gasteiger partial charge in [0.05, 0.1) is 13.2 Å². The van der Waals surface area contributed by atoms with Crippen molar-refractivity contribution in [2.75, 3.05) is 19.8 Å². The summed E-state index contributed by atoms with van der Waals surface area (Å²) in [4.78, 5) is 0. The van der Waals surface area contributed by atoms with E-state index in [1.54, 1.807) is 0 Å². The standard InChI is InChI=1S/C21H30BrNO3/c1-2-25-19-8-17(18(22)9-20(19)26-4-3-24)13-23-21-10-14-5-15(11-21)7-16(6-14)12-21/h8-9,14-16,23-24H,2-7,10-13H2,1H3. The molecule has 26 heavy (non-hydrogen) atoms. The van der Waals surface area contributed by atoms with Gasteiger partial charge in [-0.05, 0) is 80.9 Å². The van der Waals surface area contributed by atoms with E-state index in [4.69, 9.17) is 14.6 Å². The highest BCUT2D eigenvalue weighted by Gasteiger charge is 2.50. The van der Waals surface area contributed by atoms with E-state index in [1.807, 2.05) is 13.0 Å². The lowest BCUT2D eigenvalue weighted by atomic mass is 9.53. The number of nitrogens with one attached hydrogen (secondary N) is 1. The van der Waals surface area contributed by atoms with E-state index < -0.39 is 0 Å². The molecule has 1 aromatic rings. The Labute approximate surface area is 164 Å². The molecule has 0 radical (unpaired) electrons. The van der Waals surface area contributed by atoms with Gasteiger partial charge in [-0.15, -0.1) is 0 Å². The summed E-state index contributed by atoms with van der Waals surface area (Å²) in [7, 11) is 0. The van der Waals surface area contributed by atoms with Crippen LogP contribution in [0.15, 0.2) is 16.6 Å². The van der Waals surface area contributed by atoms with Crippen molar-refractivity contribution in [1.29, 1.82) is 0 Å². The van der Waals surface area contributed by atoms with Crippen LogP contribution in [0.3, 0.4) is 0 Å². The topological polar surface area (TPSA) is 50.7 Å². The van der Waals surface area contributed by atoms with Gasteiger partial charge < -0.3 is 19.9 Å². The van der Waals surface area contributed by atoms with E-state index in [-0.39, 0.29) is 13.2 Å². The number of hydrogen-bond donors (Lipinski definition) is 2. The van der Waals surface area contributed by atoms with Gasteiger partial charge in [-0.3, -0.25) is 0 Å². The monoisotopic (exact) mass is 423 g/mol. The van der Waals surface area contributed by atoms with Crippen LogP contribution in [0.2, 0.25) is 0 Å². The van der Waals surface area contributed by atoms with Crippen molar-refractivity contribution in [1.82, 2.24) is 5.32 Å². The summed E-state index contributed by atoms with van der Waals surface area (Å²) >= 11 is 3.70. The van der Waals surface area contributed by atoms with Crippen molar-refractivity contribution >= 4 is 15.9 Å². The van der Waals surface area contributed by atoms with Crippen LogP contribution in [0.1, 0.15) is 51.0 Å². The molecule has 144 valence electrons. The zero-order valence-corrected chi connectivity index (χ0v) is 17.2. The summed E-state index contributed by atoms with van der Waals surface area (Å²) in [6.45, 7) is 3.70. The van der Waals surface area contributed by atoms with E-state index in [9.17, 15) is 0 Å². The smallest absolute Gasteiger partial charge is 0.162 e. The number of aliphatic hydroxyl groups is 1. The van der Waals surface area contributed by atoms with Crippen LogP contribution in [0.25, 0.3) is 0 Å². The Hall–Kier alpha value is -0.780. The number of aliphatic hydroxyl groups excluding tert-OH is 1. The fourth-order valence-electron chi connectivity index (χ4n) is 5.86. The van der Waals surface area contributed by atoms with Crippen LogP contribution in [-0.4, -0.2) is 30.5 Å². The second-order valence-corrected chi connectivity index (χ2v) is 9.30. The molecule has 0 aliphatic heterocycles. The molecular formula is C21H30BrNO3. The van der Waals surface area contributed by atoms with Gasteiger partial charge in [-0.25, -0.2) is 0 Å². The lowest BCUT2D eigenvalue weighted by molar-refractivity contribution is -0.0206. The molecule has 5 heteroatoms. The molecule has 4 nitrogen and oxygen atoms in total. The molecule has 0 aromatic heterocycles. The Morgan fingerprint density at radius 3 is 2.27 bits per heavy atom. The Kier molecular flexibility index (Phi) is 5.49. The maximum atomic E-state index is 9.02. The molecule has 0 amide bonds. The van der Waals surface area contributed by atoms with Gasteiger partial charge in [0.15, 0.2) is 11.5 Å². The molecule has 0 heterocycles. The molecule has 0 atom stereocenters. The third-order valence-electron chi connectivity index (χ3n) is 6.45. The largest absolute Gasteiger partial charge is 0.490 e. The minimum atomic E-state index is -0.00148. The number of rotatable bonds is 8. The van der Waals surface area contributed by atoms with Gasteiger partial charge in [0, 0.05) is 16.6 Å². The molecule has 4 saturated carbocycles. The summed E-state index contributed by atoms with van der Waals surface area (Å²) in [6.07, 6.45) is 8.47. The van der Waals surface area contributed by atoms with Crippen LogP contribution in [-0.2, 0) is 6.54 Å². The van der Waals surface area contributed by atoms with Crippen molar-refractivity contribution in [3.05, 3.63) is 22.2 Å². The first-order valence-electron chi connectivity index (χ1n) is 10.0. The summed E-state index contributed by atoms with van der Waals surface area (Å²) in [5.74, 6) is 4.29. The quantitative estimate of drug-likeness (QED) is 0.654. The van der Waals surface area contributed by atoms with Gasteiger partial charge in [0.25, 0.3) is 0 Å². The Balaban J connectivity index is 1.48. The van der Waals surface area contributed by atoms with Crippen molar-refractivity contribution < 1.29 is 14.6 Å². The number of benzene rings is 1. The average Bonchev–Trinajstić information content (AvgIpc) is 2.59. The van der Waals surface area contributed by atoms with Gasteiger partial charge in [0.2, 0.25) is 0 Å². The molecule has 0 saturated heterocycles. The summed E-state index contributed by atoms with van der Waals surface area (Å²) in [5.41, 5.74) is 1.56. The first-order valence-corrected chi connectivity index (χ1v) is 10.8. The van der Waals surface area contributed by atoms with Gasteiger partial charge >= 0.3 is 0 Å². The molecule has 4 aliphatic rings. The molecule has 4 fully saturated rings. The number of halogens is 1. The highest BCUT2D eigenvalue weighted by atomic mass is 79.9. The summed E-state index contributed by atoms with van der Waals surface area (Å²) in [5, 5.41) is 13.0. The molecular weight excluding hydrogens is 394 g/mol. The molecule has 4 aliphatic carbocycles. The van der Waals surface area contributed by atoms with Crippen molar-refractivity contribution in [3.63, 3.8) is 0 Å². The average molecular weight is 424 g/mol. The van der Waals surface area contributed by atoms with Crippen LogP contribution >= 0.6 is 15.9 Å². The molecule has 5 rings (SSSR count). The third kappa shape index (κ3) is 3.76. The van der Waals surface area contributed by atoms with E-state index >= 15 is 0 Å². The maximum Gasteiger partial charge on any atom is 0.162 e. The van der Waals surface area contributed by atoms with E-state index in [0.717, 1.165) is 34.5 Å². The minimum Gasteiger partial charge on any atom is -0.490 e. The molecule has 4 bridgehead atoms. The van der Waals surface area contributed by atoms with Crippen LogP contribution < -0.4 is 14.8 Å². The van der Waals surface area contributed by atoms with Gasteiger partial charge in [-0.2, -0.15) is 0 Å². The summed E-state index contributed by atoms with van der Waals surface area (Å²) < 4.78 is 12.4. The lowest BCUT2D eigenvalue weighted by Gasteiger charge is -2.57. The van der Waals surface area contributed by atoms with E-state index in [1.165, 1.54) is 44.1 Å². The second kappa shape index (κ2) is 7.69. The van der Waals surface area contributed by atoms with Crippen molar-refractivity contribution in [2.45, 2.75) is 57.5 Å². The number of hydrogen-bond acceptors (Lipinski definition) is 4. The van der Waals surface area contributed by atoms with Crippen LogP contribution in [0.5, 0.6) is 11.5 Å². The van der Waals surface area contributed by atoms with Crippen molar-refractivity contribution in [3.8, 4) is 11.5 Å². The van der Waals surface area contributed by atoms with Crippen LogP contribution in [0.4, 0.5) is 0 Å². The predicted molar refractivity (Wildman–Crippen MR) is 106 cm³/mol. The Bertz CT molecular complexity index is 613. The van der Waals surface area contributed by atoms with Gasteiger partial charge in [0.1, 0.15) is 6.61 Å². The van der Waals surface area contributed by atoms with Gasteiger partial charge in [-0.1, -0.05) is 15.9 Å². The highest BCUT2D eigenvalue weighted by molar-refractivity contribution is 9.10. The summed E-state index contributed by atoms with van der Waals surface area (Å²) in [6, 6.07) is 4.05. The van der Waals surface area contributed by atoms with Crippen LogP contribution in [0, 0.1) is 17.8 Å². The molecule has 2 N–H and O–H groups in total. The maximum absolute atomic E-state index is 9.02. The lowest BCUT2D eigenvalue weighted by Crippen LogP contribution is -2.58. The number of ether oxygens (including phenoxy) is 2. The second-order valence-electron chi connectivity index (χ2n) is 8.45. The van der Waals surface area contributed by atoms with Crippen molar-refractivity contribution in [2.24, 2.45) is 17.8 Å². The highest BCUT2D eigenvalue weighted by Crippen LogP contribution is 2.55. The SMILES string of the molecule is CCOc1cc(CNC23CC4CC(CC(C4)C2)C3)c(Br)cc1OCCO. The normalized spacial score (nSPS) is 32.0. The molecule has 0 unspecified atom stereocenters. The first kappa shape index (κ1) is 18.6. The Morgan fingerprint density at radius 1 is 1.08 bits per heavy atom. The minimum absolute atomic E-state index is 0.00148. The zero-order chi connectivity index (χ0) is 18.1. The fourth-order valence-corrected chi connectivity index (χ4v) is 6.32. The Morgan fingerprint density at radius 2 is 1.69 bits per heavy atom. The molecule has 0 spiro atoms. The van der Waals surface area contributed by atoms with E-state index in [2.05, 4.69) is 27.3 Å². The predicted octanol–water partition coefficient (Wildman–Crippen LogP) is 4.28. The third-order valence-corrected chi connectivity index (χ3v) is 7.19. The zero-order valence-electron chi connectivity index (χ0n) is 15.6. The van der Waals surface area contributed by atoms with E-state index in [0.29, 0.717) is 17.9 Å². The first-order chi connectivity index (χ1) is 12.6. The fraction of sp³-hybridized carbons (Fsp3) is 0.714. The molecule has 1 aromatic carbocycles.